The van der Waals surface area contributed by atoms with Crippen molar-refractivity contribution < 1.29 is 5.11 Å². The minimum atomic E-state index is 0.0779. The molecule has 1 heterocycles. The fraction of sp³-hybridized carbons (Fsp3) is 0.0714. The Kier molecular flexibility index (Phi) is 2.63. The SMILES string of the molecule is OCc1ccc2nc(-c3ccccc3)sc2c1. The fourth-order valence-corrected chi connectivity index (χ4v) is 2.81. The van der Waals surface area contributed by atoms with Gasteiger partial charge in [0.15, 0.2) is 0 Å². The van der Waals surface area contributed by atoms with Crippen LogP contribution in [0.5, 0.6) is 0 Å². The van der Waals surface area contributed by atoms with Crippen LogP contribution in [-0.4, -0.2) is 10.1 Å². The van der Waals surface area contributed by atoms with E-state index in [0.717, 1.165) is 26.4 Å². The van der Waals surface area contributed by atoms with Crippen molar-refractivity contribution in [3.05, 3.63) is 54.1 Å². The van der Waals surface area contributed by atoms with Crippen LogP contribution in [-0.2, 0) is 6.61 Å². The number of aromatic nitrogens is 1. The molecule has 0 radical (unpaired) electrons. The molecule has 0 aliphatic rings. The van der Waals surface area contributed by atoms with Crippen LogP contribution >= 0.6 is 11.3 Å². The van der Waals surface area contributed by atoms with E-state index >= 15 is 0 Å². The number of aliphatic hydroxyl groups is 1. The molecule has 1 aromatic heterocycles. The highest BCUT2D eigenvalue weighted by molar-refractivity contribution is 7.21. The summed E-state index contributed by atoms with van der Waals surface area (Å²) in [5.41, 5.74) is 3.06. The van der Waals surface area contributed by atoms with E-state index in [0.29, 0.717) is 0 Å². The number of nitrogens with zero attached hydrogens (tertiary/aromatic N) is 1. The smallest absolute Gasteiger partial charge is 0.124 e. The first-order valence-corrected chi connectivity index (χ1v) is 6.24. The largest absolute Gasteiger partial charge is 0.392 e. The summed E-state index contributed by atoms with van der Waals surface area (Å²) in [4.78, 5) is 4.60. The summed E-state index contributed by atoms with van der Waals surface area (Å²) in [5, 5.41) is 10.1. The van der Waals surface area contributed by atoms with E-state index in [9.17, 15) is 0 Å². The summed E-state index contributed by atoms with van der Waals surface area (Å²) in [6.07, 6.45) is 0. The van der Waals surface area contributed by atoms with Crippen LogP contribution in [0.1, 0.15) is 5.56 Å². The van der Waals surface area contributed by atoms with Crippen molar-refractivity contribution in [2.75, 3.05) is 0 Å². The standard InChI is InChI=1S/C14H11NOS/c16-9-10-6-7-12-13(8-10)17-14(15-12)11-4-2-1-3-5-11/h1-8,16H,9H2. The molecule has 3 heteroatoms. The maximum absolute atomic E-state index is 9.11. The highest BCUT2D eigenvalue weighted by Gasteiger charge is 2.06. The van der Waals surface area contributed by atoms with Crippen molar-refractivity contribution in [1.82, 2.24) is 4.98 Å². The molecule has 2 nitrogen and oxygen atoms in total. The highest BCUT2D eigenvalue weighted by atomic mass is 32.1. The topological polar surface area (TPSA) is 33.1 Å². The zero-order chi connectivity index (χ0) is 11.7. The summed E-state index contributed by atoms with van der Waals surface area (Å²) >= 11 is 1.66. The van der Waals surface area contributed by atoms with Crippen molar-refractivity contribution in [3.63, 3.8) is 0 Å². The first kappa shape index (κ1) is 10.4. The average molecular weight is 241 g/mol. The van der Waals surface area contributed by atoms with Gasteiger partial charge in [0.1, 0.15) is 5.01 Å². The van der Waals surface area contributed by atoms with Crippen molar-refractivity contribution in [2.24, 2.45) is 0 Å². The normalized spacial score (nSPS) is 10.9. The maximum atomic E-state index is 9.11. The molecule has 0 aliphatic carbocycles. The van der Waals surface area contributed by atoms with Crippen LogP contribution in [0.2, 0.25) is 0 Å². The molecule has 84 valence electrons. The maximum Gasteiger partial charge on any atom is 0.124 e. The number of hydrogen-bond donors (Lipinski definition) is 1. The van der Waals surface area contributed by atoms with Crippen LogP contribution in [0.4, 0.5) is 0 Å². The second-order valence-corrected chi connectivity index (χ2v) is 4.88. The van der Waals surface area contributed by atoms with Crippen LogP contribution < -0.4 is 0 Å². The lowest BCUT2D eigenvalue weighted by atomic mass is 10.2. The molecule has 0 saturated heterocycles. The third kappa shape index (κ3) is 1.95. The second-order valence-electron chi connectivity index (χ2n) is 3.85. The van der Waals surface area contributed by atoms with Gasteiger partial charge in [-0.15, -0.1) is 11.3 Å². The number of hydrogen-bond acceptors (Lipinski definition) is 3. The Labute approximate surface area is 103 Å². The second kappa shape index (κ2) is 4.28. The number of thiazole rings is 1. The van der Waals surface area contributed by atoms with E-state index in [1.807, 2.05) is 36.4 Å². The number of fused-ring (bicyclic) bond motifs is 1. The molecule has 0 atom stereocenters. The lowest BCUT2D eigenvalue weighted by Crippen LogP contribution is -1.80. The van der Waals surface area contributed by atoms with Gasteiger partial charge in [-0.3, -0.25) is 0 Å². The Balaban J connectivity index is 2.14. The first-order valence-electron chi connectivity index (χ1n) is 5.42. The fourth-order valence-electron chi connectivity index (χ4n) is 1.77. The molecule has 0 bridgehead atoms. The number of aliphatic hydroxyl groups excluding tert-OH is 1. The van der Waals surface area contributed by atoms with Crippen LogP contribution in [0.15, 0.2) is 48.5 Å². The van der Waals surface area contributed by atoms with Gasteiger partial charge in [0.05, 0.1) is 16.8 Å². The van der Waals surface area contributed by atoms with E-state index in [1.54, 1.807) is 11.3 Å². The van der Waals surface area contributed by atoms with E-state index in [4.69, 9.17) is 5.11 Å². The Morgan fingerprint density at radius 3 is 2.65 bits per heavy atom. The van der Waals surface area contributed by atoms with Crippen LogP contribution in [0.25, 0.3) is 20.8 Å². The quantitative estimate of drug-likeness (QED) is 0.745. The molecule has 1 N–H and O–H groups in total. The zero-order valence-corrected chi connectivity index (χ0v) is 9.95. The Hall–Kier alpha value is -1.71. The third-order valence-corrected chi connectivity index (χ3v) is 3.72. The van der Waals surface area contributed by atoms with Gasteiger partial charge in [-0.05, 0) is 17.7 Å². The van der Waals surface area contributed by atoms with Crippen LogP contribution in [0.3, 0.4) is 0 Å². The summed E-state index contributed by atoms with van der Waals surface area (Å²) in [5.74, 6) is 0. The monoisotopic (exact) mass is 241 g/mol. The Morgan fingerprint density at radius 2 is 1.88 bits per heavy atom. The van der Waals surface area contributed by atoms with Gasteiger partial charge in [-0.25, -0.2) is 4.98 Å². The molecule has 0 unspecified atom stereocenters. The number of rotatable bonds is 2. The van der Waals surface area contributed by atoms with Gasteiger partial charge in [0.25, 0.3) is 0 Å². The third-order valence-electron chi connectivity index (χ3n) is 2.66. The average Bonchev–Trinajstić information content (AvgIpc) is 2.82. The highest BCUT2D eigenvalue weighted by Crippen LogP contribution is 2.30. The lowest BCUT2D eigenvalue weighted by Gasteiger charge is -1.92. The van der Waals surface area contributed by atoms with Gasteiger partial charge in [0, 0.05) is 5.56 Å². The summed E-state index contributed by atoms with van der Waals surface area (Å²) < 4.78 is 1.12. The van der Waals surface area contributed by atoms with Crippen molar-refractivity contribution in [2.45, 2.75) is 6.61 Å². The van der Waals surface area contributed by atoms with E-state index in [1.165, 1.54) is 0 Å². The van der Waals surface area contributed by atoms with Gasteiger partial charge in [0.2, 0.25) is 0 Å². The van der Waals surface area contributed by atoms with Gasteiger partial charge < -0.3 is 5.11 Å². The zero-order valence-electron chi connectivity index (χ0n) is 9.13. The van der Waals surface area contributed by atoms with Crippen molar-refractivity contribution >= 4 is 21.6 Å². The van der Waals surface area contributed by atoms with Crippen molar-refractivity contribution in [1.29, 1.82) is 0 Å². The molecular formula is C14H11NOS. The number of benzene rings is 2. The van der Waals surface area contributed by atoms with Gasteiger partial charge in [-0.2, -0.15) is 0 Å². The molecule has 0 fully saturated rings. The predicted octanol–water partition coefficient (Wildman–Crippen LogP) is 3.46. The van der Waals surface area contributed by atoms with Crippen molar-refractivity contribution in [3.8, 4) is 10.6 Å². The molecule has 17 heavy (non-hydrogen) atoms. The molecule has 2 aromatic carbocycles. The molecule has 0 spiro atoms. The summed E-state index contributed by atoms with van der Waals surface area (Å²) in [6, 6.07) is 16.0. The summed E-state index contributed by atoms with van der Waals surface area (Å²) in [7, 11) is 0. The Bertz CT molecular complexity index is 646. The van der Waals surface area contributed by atoms with Gasteiger partial charge >= 0.3 is 0 Å². The minimum absolute atomic E-state index is 0.0779. The molecule has 0 amide bonds. The summed E-state index contributed by atoms with van der Waals surface area (Å²) in [6.45, 7) is 0.0779. The van der Waals surface area contributed by atoms with E-state index in [2.05, 4.69) is 17.1 Å². The Morgan fingerprint density at radius 1 is 1.06 bits per heavy atom. The molecule has 3 rings (SSSR count). The van der Waals surface area contributed by atoms with Crippen LogP contribution in [0, 0.1) is 0 Å². The minimum Gasteiger partial charge on any atom is -0.392 e. The lowest BCUT2D eigenvalue weighted by molar-refractivity contribution is 0.282. The first-order chi connectivity index (χ1) is 8.36. The molecule has 3 aromatic rings. The molecule has 0 saturated carbocycles. The predicted molar refractivity (Wildman–Crippen MR) is 71.0 cm³/mol. The van der Waals surface area contributed by atoms with E-state index < -0.39 is 0 Å². The molecule has 0 aliphatic heterocycles. The molecular weight excluding hydrogens is 230 g/mol. The van der Waals surface area contributed by atoms with E-state index in [-0.39, 0.29) is 6.61 Å². The van der Waals surface area contributed by atoms with Gasteiger partial charge in [-0.1, -0.05) is 36.4 Å².